The molecule has 0 atom stereocenters. The molecule has 0 unspecified atom stereocenters. The molecule has 2 aromatic heterocycles. The Morgan fingerprint density at radius 2 is 1.05 bits per heavy atom. The number of ether oxygens (including phenoxy) is 3. The molecule has 0 amide bonds. The molecule has 326 valence electrons. The van der Waals surface area contributed by atoms with E-state index in [1.807, 2.05) is 87.6 Å². The zero-order chi connectivity index (χ0) is 44.4. The summed E-state index contributed by atoms with van der Waals surface area (Å²) in [6.07, 6.45) is 7.90. The quantitative estimate of drug-likeness (QED) is 0.0493. The summed E-state index contributed by atoms with van der Waals surface area (Å²) in [5, 5.41) is 49.0. The van der Waals surface area contributed by atoms with Crippen molar-refractivity contribution in [1.82, 2.24) is 19.9 Å². The number of aliphatic hydroxyl groups excluding tert-OH is 1. The van der Waals surface area contributed by atoms with Crippen LogP contribution < -0.4 is 5.73 Å². The number of aromatic nitrogens is 4. The zero-order valence-corrected chi connectivity index (χ0v) is 37.0. The average molecular weight is 882 g/mol. The first-order chi connectivity index (χ1) is 29.3. The molecule has 0 aliphatic rings. The SMILES string of the molecule is CCOC(=N)c1ccccc1C#N.CCOC(CC)OCC.CO.Cl.Cl.N#Cc1ccccc1-c1ncc[nH]1.N#Cc1ccccc1C#N.NCc1ccccc1-c1ncc[nH]1. The third-order valence-corrected chi connectivity index (χ3v) is 7.58. The number of nitrogens with one attached hydrogen (secondary N) is 3. The van der Waals surface area contributed by atoms with Gasteiger partial charge >= 0.3 is 0 Å². The van der Waals surface area contributed by atoms with Crippen LogP contribution in [0.4, 0.5) is 0 Å². The van der Waals surface area contributed by atoms with Crippen LogP contribution in [0.1, 0.15) is 67.5 Å². The number of hydrogen-bond acceptors (Lipinski definition) is 12. The van der Waals surface area contributed by atoms with Gasteiger partial charge in [0.1, 0.15) is 23.8 Å². The molecule has 0 aliphatic heterocycles. The number of halogens is 2. The largest absolute Gasteiger partial charge is 0.478 e. The van der Waals surface area contributed by atoms with Crippen molar-refractivity contribution in [2.75, 3.05) is 26.9 Å². The zero-order valence-electron chi connectivity index (χ0n) is 35.4. The highest BCUT2D eigenvalue weighted by Gasteiger charge is 2.07. The van der Waals surface area contributed by atoms with Gasteiger partial charge < -0.3 is 35.0 Å². The molecule has 6 aromatic rings. The van der Waals surface area contributed by atoms with Crippen LogP contribution in [0.15, 0.2) is 122 Å². The molecule has 14 nitrogen and oxygen atoms in total. The van der Waals surface area contributed by atoms with E-state index in [0.29, 0.717) is 41.0 Å². The van der Waals surface area contributed by atoms with Crippen LogP contribution in [-0.4, -0.2) is 64.2 Å². The molecular formula is C46H54Cl2N10O4. The van der Waals surface area contributed by atoms with Gasteiger partial charge in [0.05, 0.1) is 46.6 Å². The molecule has 62 heavy (non-hydrogen) atoms. The fraction of sp³-hybridized carbons (Fsp3) is 0.239. The first-order valence-electron chi connectivity index (χ1n) is 18.9. The number of rotatable bonds is 10. The highest BCUT2D eigenvalue weighted by Crippen LogP contribution is 2.19. The molecule has 0 saturated heterocycles. The number of aliphatic hydroxyl groups is 1. The van der Waals surface area contributed by atoms with Crippen LogP contribution in [0, 0.1) is 50.7 Å². The lowest BCUT2D eigenvalue weighted by molar-refractivity contribution is -0.136. The second kappa shape index (κ2) is 36.0. The van der Waals surface area contributed by atoms with E-state index in [1.165, 1.54) is 0 Å². The molecule has 6 rings (SSSR count). The van der Waals surface area contributed by atoms with Crippen LogP contribution in [0.2, 0.25) is 0 Å². The molecule has 2 heterocycles. The minimum Gasteiger partial charge on any atom is -0.478 e. The lowest BCUT2D eigenvalue weighted by atomic mass is 10.1. The van der Waals surface area contributed by atoms with E-state index in [1.54, 1.807) is 73.2 Å². The van der Waals surface area contributed by atoms with Crippen LogP contribution in [-0.2, 0) is 20.8 Å². The monoisotopic (exact) mass is 880 g/mol. The van der Waals surface area contributed by atoms with Crippen LogP contribution in [0.5, 0.6) is 0 Å². The second-order valence-corrected chi connectivity index (χ2v) is 11.3. The Kier molecular flexibility index (Phi) is 33.3. The number of hydrogen-bond donors (Lipinski definition) is 5. The Morgan fingerprint density at radius 1 is 0.629 bits per heavy atom. The molecule has 0 fully saturated rings. The molecule has 0 bridgehead atoms. The smallest absolute Gasteiger partial charge is 0.214 e. The Labute approximate surface area is 376 Å². The van der Waals surface area contributed by atoms with Crippen LogP contribution in [0.3, 0.4) is 0 Å². The first-order valence-corrected chi connectivity index (χ1v) is 18.9. The van der Waals surface area contributed by atoms with Crippen LogP contribution >= 0.6 is 24.8 Å². The normalized spacial score (nSPS) is 8.90. The maximum Gasteiger partial charge on any atom is 0.214 e. The summed E-state index contributed by atoms with van der Waals surface area (Å²) in [5.41, 5.74) is 11.2. The number of aromatic amines is 2. The van der Waals surface area contributed by atoms with E-state index in [9.17, 15) is 0 Å². The van der Waals surface area contributed by atoms with E-state index in [0.717, 1.165) is 55.1 Å². The highest BCUT2D eigenvalue weighted by molar-refractivity contribution is 5.94. The van der Waals surface area contributed by atoms with Crippen molar-refractivity contribution in [2.24, 2.45) is 5.73 Å². The summed E-state index contributed by atoms with van der Waals surface area (Å²) >= 11 is 0. The van der Waals surface area contributed by atoms with Crippen molar-refractivity contribution >= 4 is 30.7 Å². The predicted octanol–water partition coefficient (Wildman–Crippen LogP) is 9.08. The minimum absolute atomic E-state index is 0. The van der Waals surface area contributed by atoms with Gasteiger partial charge in [0, 0.05) is 62.8 Å². The Morgan fingerprint density at radius 3 is 1.47 bits per heavy atom. The van der Waals surface area contributed by atoms with E-state index >= 15 is 0 Å². The molecule has 4 aromatic carbocycles. The summed E-state index contributed by atoms with van der Waals surface area (Å²) in [7, 11) is 1.00. The van der Waals surface area contributed by atoms with Crippen molar-refractivity contribution in [2.45, 2.75) is 47.0 Å². The van der Waals surface area contributed by atoms with Gasteiger partial charge in [-0.25, -0.2) is 9.97 Å². The fourth-order valence-corrected chi connectivity index (χ4v) is 4.88. The third kappa shape index (κ3) is 20.4. The maximum absolute atomic E-state index is 8.83. The van der Waals surface area contributed by atoms with Gasteiger partial charge in [-0.05, 0) is 69.2 Å². The molecule has 0 radical (unpaired) electrons. The molecule has 0 spiro atoms. The highest BCUT2D eigenvalue weighted by atomic mass is 35.5. The summed E-state index contributed by atoms with van der Waals surface area (Å²) < 4.78 is 15.4. The van der Waals surface area contributed by atoms with Gasteiger partial charge in [-0.3, -0.25) is 5.41 Å². The number of H-pyrrole nitrogens is 2. The van der Waals surface area contributed by atoms with Gasteiger partial charge in [0.25, 0.3) is 0 Å². The van der Waals surface area contributed by atoms with Gasteiger partial charge in [0.2, 0.25) is 5.90 Å². The second-order valence-electron chi connectivity index (χ2n) is 11.3. The van der Waals surface area contributed by atoms with Crippen molar-refractivity contribution in [3.8, 4) is 47.1 Å². The van der Waals surface area contributed by atoms with Crippen molar-refractivity contribution < 1.29 is 19.3 Å². The summed E-state index contributed by atoms with van der Waals surface area (Å²) in [5.74, 6) is 1.66. The Hall–Kier alpha value is -6.85. The topological polar surface area (TPSA) is 250 Å². The number of benzene rings is 4. The molecule has 6 N–H and O–H groups in total. The van der Waals surface area contributed by atoms with Crippen molar-refractivity contribution in [3.05, 3.63) is 155 Å². The number of imidazole rings is 2. The Bertz CT molecular complexity index is 2220. The molecule has 0 saturated carbocycles. The first kappa shape index (κ1) is 57.2. The lowest BCUT2D eigenvalue weighted by Gasteiger charge is -2.13. The van der Waals surface area contributed by atoms with Gasteiger partial charge in [-0.1, -0.05) is 67.6 Å². The van der Waals surface area contributed by atoms with Crippen molar-refractivity contribution in [1.29, 1.82) is 26.5 Å². The van der Waals surface area contributed by atoms with Gasteiger partial charge in [-0.2, -0.15) is 21.0 Å². The van der Waals surface area contributed by atoms with Crippen LogP contribution in [0.25, 0.3) is 22.8 Å². The summed E-state index contributed by atoms with van der Waals surface area (Å²) in [4.78, 5) is 14.3. The van der Waals surface area contributed by atoms with Gasteiger partial charge in [0.15, 0.2) is 6.29 Å². The molecule has 16 heteroatoms. The summed E-state index contributed by atoms with van der Waals surface area (Å²) in [6.45, 7) is 10.3. The minimum atomic E-state index is 0. The van der Waals surface area contributed by atoms with Crippen molar-refractivity contribution in [3.63, 3.8) is 0 Å². The number of nitriles is 4. The van der Waals surface area contributed by atoms with E-state index < -0.39 is 0 Å². The summed E-state index contributed by atoms with van der Waals surface area (Å²) in [6, 6.07) is 37.0. The Balaban J connectivity index is 0. The predicted molar refractivity (Wildman–Crippen MR) is 246 cm³/mol. The number of nitrogens with two attached hydrogens (primary N) is 1. The maximum atomic E-state index is 8.83. The number of nitrogens with zero attached hydrogens (tertiary/aromatic N) is 6. The standard InChI is InChI=1S/C10H11N3.C10H7N3.C10H10N2O.C8H4N2.C7H16O2.CH4O.2ClH/c2*11-7-8-3-1-2-4-9(8)10-12-5-6-13-10;1-2-13-10(12)9-6-4-3-5-8(9)7-11;9-5-7-3-1-2-4-8(7)6-10;1-4-7(8-5-2)9-6-3;1-2;;/h1-6H,7,11H2,(H,12,13);1-6H,(H,12,13);3-6,12H,2H2,1H3;1-4H;7H,4-6H2,1-3H3;2H,1H3;2*1H. The van der Waals surface area contributed by atoms with E-state index in [-0.39, 0.29) is 37.0 Å². The van der Waals surface area contributed by atoms with E-state index in [4.69, 9.17) is 51.5 Å². The molecule has 0 aliphatic carbocycles. The van der Waals surface area contributed by atoms with E-state index in [2.05, 4.69) is 32.9 Å². The average Bonchev–Trinajstić information content (AvgIpc) is 4.07. The van der Waals surface area contributed by atoms with Gasteiger partial charge in [-0.15, -0.1) is 24.8 Å². The fourth-order valence-electron chi connectivity index (χ4n) is 4.88. The third-order valence-electron chi connectivity index (χ3n) is 7.58. The molecular weight excluding hydrogens is 827 g/mol. The lowest BCUT2D eigenvalue weighted by Crippen LogP contribution is -2.15.